The highest BCUT2D eigenvalue weighted by molar-refractivity contribution is 7.98. The Kier molecular flexibility index (Phi) is 3.49. The van der Waals surface area contributed by atoms with Crippen LogP contribution in [0.2, 0.25) is 0 Å². The maximum Gasteiger partial charge on any atom is 0.372 e. The van der Waals surface area contributed by atoms with E-state index in [0.717, 1.165) is 0 Å². The second-order valence-electron chi connectivity index (χ2n) is 3.30. The van der Waals surface area contributed by atoms with Crippen LogP contribution in [-0.2, 0) is 5.75 Å². The summed E-state index contributed by atoms with van der Waals surface area (Å²) in [6.45, 7) is 0. The number of thioether (sulfide) groups is 1. The Morgan fingerprint density at radius 3 is 2.82 bits per heavy atom. The van der Waals surface area contributed by atoms with Gasteiger partial charge in [0.05, 0.1) is 6.26 Å². The minimum absolute atomic E-state index is 0.0890. The molecule has 88 valence electrons. The van der Waals surface area contributed by atoms with Crippen molar-refractivity contribution in [3.05, 3.63) is 53.7 Å². The van der Waals surface area contributed by atoms with Gasteiger partial charge in [-0.25, -0.2) is 9.18 Å². The Labute approximate surface area is 101 Å². The summed E-state index contributed by atoms with van der Waals surface area (Å²) in [6, 6.07) is 7.95. The number of halogens is 1. The van der Waals surface area contributed by atoms with Gasteiger partial charge in [-0.2, -0.15) is 0 Å². The number of carbonyl (C=O) groups is 1. The normalized spacial score (nSPS) is 10.4. The fourth-order valence-electron chi connectivity index (χ4n) is 1.35. The highest BCUT2D eigenvalue weighted by Gasteiger charge is 2.14. The average Bonchev–Trinajstić information content (AvgIpc) is 2.76. The molecule has 1 aromatic heterocycles. The molecule has 1 aromatic carbocycles. The van der Waals surface area contributed by atoms with Gasteiger partial charge in [0.25, 0.3) is 0 Å². The molecule has 0 saturated carbocycles. The minimum Gasteiger partial charge on any atom is -0.475 e. The number of aromatic carboxylic acids is 1. The molecule has 0 amide bonds. The molecule has 2 rings (SSSR count). The highest BCUT2D eigenvalue weighted by Crippen LogP contribution is 2.26. The van der Waals surface area contributed by atoms with Crippen molar-refractivity contribution < 1.29 is 18.7 Å². The number of furan rings is 1. The van der Waals surface area contributed by atoms with Crippen LogP contribution in [0.5, 0.6) is 0 Å². The highest BCUT2D eigenvalue weighted by atomic mass is 32.2. The van der Waals surface area contributed by atoms with E-state index >= 15 is 0 Å². The van der Waals surface area contributed by atoms with Gasteiger partial charge in [0, 0.05) is 16.2 Å². The molecule has 0 saturated heterocycles. The Hall–Kier alpha value is -1.75. The number of carboxylic acids is 1. The molecule has 0 aliphatic carbocycles. The van der Waals surface area contributed by atoms with Crippen molar-refractivity contribution in [3.8, 4) is 0 Å². The van der Waals surface area contributed by atoms with E-state index in [4.69, 9.17) is 9.52 Å². The molecule has 1 heterocycles. The zero-order chi connectivity index (χ0) is 12.3. The van der Waals surface area contributed by atoms with E-state index in [1.807, 2.05) is 0 Å². The monoisotopic (exact) mass is 252 g/mol. The van der Waals surface area contributed by atoms with Crippen molar-refractivity contribution in [2.45, 2.75) is 10.6 Å². The van der Waals surface area contributed by atoms with Gasteiger partial charge in [-0.1, -0.05) is 12.1 Å². The SMILES string of the molecule is O=C(O)c1occc1CSc1ccccc1F. The molecule has 0 fully saturated rings. The molecule has 0 bridgehead atoms. The van der Waals surface area contributed by atoms with Gasteiger partial charge in [0.1, 0.15) is 5.82 Å². The molecule has 3 nitrogen and oxygen atoms in total. The smallest absolute Gasteiger partial charge is 0.372 e. The van der Waals surface area contributed by atoms with Crippen molar-refractivity contribution in [2.24, 2.45) is 0 Å². The maximum absolute atomic E-state index is 13.3. The zero-order valence-electron chi connectivity index (χ0n) is 8.72. The van der Waals surface area contributed by atoms with Crippen LogP contribution in [-0.4, -0.2) is 11.1 Å². The first-order valence-electron chi connectivity index (χ1n) is 4.85. The molecular formula is C12H9FO3S. The zero-order valence-corrected chi connectivity index (χ0v) is 9.54. The molecule has 0 radical (unpaired) electrons. The van der Waals surface area contributed by atoms with Gasteiger partial charge >= 0.3 is 5.97 Å². The molecule has 1 N–H and O–H groups in total. The van der Waals surface area contributed by atoms with E-state index in [2.05, 4.69) is 0 Å². The Morgan fingerprint density at radius 2 is 2.12 bits per heavy atom. The van der Waals surface area contributed by atoms with Gasteiger partial charge in [0.2, 0.25) is 5.76 Å². The number of hydrogen-bond donors (Lipinski definition) is 1. The molecule has 17 heavy (non-hydrogen) atoms. The van der Waals surface area contributed by atoms with E-state index < -0.39 is 5.97 Å². The molecule has 0 atom stereocenters. The van der Waals surface area contributed by atoms with Crippen molar-refractivity contribution >= 4 is 17.7 Å². The van der Waals surface area contributed by atoms with E-state index in [9.17, 15) is 9.18 Å². The molecule has 0 spiro atoms. The maximum atomic E-state index is 13.3. The van der Waals surface area contributed by atoms with Crippen LogP contribution in [0, 0.1) is 5.82 Å². The van der Waals surface area contributed by atoms with Crippen LogP contribution in [0.1, 0.15) is 16.1 Å². The first-order chi connectivity index (χ1) is 8.18. The first-order valence-corrected chi connectivity index (χ1v) is 5.84. The number of hydrogen-bond acceptors (Lipinski definition) is 3. The lowest BCUT2D eigenvalue weighted by molar-refractivity contribution is 0.0661. The molecule has 2 aromatic rings. The minimum atomic E-state index is -1.11. The third-order valence-corrected chi connectivity index (χ3v) is 3.26. The van der Waals surface area contributed by atoms with Gasteiger partial charge in [-0.05, 0) is 18.2 Å². The molecule has 5 heteroatoms. The van der Waals surface area contributed by atoms with Crippen LogP contribution in [0.3, 0.4) is 0 Å². The van der Waals surface area contributed by atoms with Crippen LogP contribution >= 0.6 is 11.8 Å². The fourth-order valence-corrected chi connectivity index (χ4v) is 2.27. The van der Waals surface area contributed by atoms with Gasteiger partial charge in [0.15, 0.2) is 0 Å². The van der Waals surface area contributed by atoms with Gasteiger partial charge < -0.3 is 9.52 Å². The Morgan fingerprint density at radius 1 is 1.35 bits per heavy atom. The van der Waals surface area contributed by atoms with Crippen LogP contribution in [0.25, 0.3) is 0 Å². The van der Waals surface area contributed by atoms with E-state index in [0.29, 0.717) is 16.2 Å². The average molecular weight is 252 g/mol. The standard InChI is InChI=1S/C12H9FO3S/c13-9-3-1-2-4-10(9)17-7-8-5-6-16-11(8)12(14)15/h1-6H,7H2,(H,14,15). The summed E-state index contributed by atoms with van der Waals surface area (Å²) in [5.41, 5.74) is 0.547. The lowest BCUT2D eigenvalue weighted by Crippen LogP contribution is -1.97. The van der Waals surface area contributed by atoms with Gasteiger partial charge in [-0.3, -0.25) is 0 Å². The van der Waals surface area contributed by atoms with E-state index in [1.165, 1.54) is 24.1 Å². The van der Waals surface area contributed by atoms with Crippen LogP contribution in [0.15, 0.2) is 45.9 Å². The van der Waals surface area contributed by atoms with Crippen molar-refractivity contribution in [3.63, 3.8) is 0 Å². The molecule has 0 aliphatic rings. The molecule has 0 unspecified atom stereocenters. The molecule has 0 aliphatic heterocycles. The second-order valence-corrected chi connectivity index (χ2v) is 4.32. The van der Waals surface area contributed by atoms with E-state index in [-0.39, 0.29) is 11.6 Å². The third-order valence-electron chi connectivity index (χ3n) is 2.16. The van der Waals surface area contributed by atoms with Gasteiger partial charge in [-0.15, -0.1) is 11.8 Å². The fraction of sp³-hybridized carbons (Fsp3) is 0.0833. The summed E-state index contributed by atoms with van der Waals surface area (Å²) >= 11 is 1.24. The second kappa shape index (κ2) is 5.05. The summed E-state index contributed by atoms with van der Waals surface area (Å²) in [5.74, 6) is -1.15. The predicted molar refractivity (Wildman–Crippen MR) is 61.6 cm³/mol. The largest absolute Gasteiger partial charge is 0.475 e. The Bertz CT molecular complexity index is 536. The number of benzene rings is 1. The van der Waals surface area contributed by atoms with Crippen molar-refractivity contribution in [1.82, 2.24) is 0 Å². The summed E-state index contributed by atoms with van der Waals surface area (Å²) < 4.78 is 18.2. The lowest BCUT2D eigenvalue weighted by atomic mass is 10.3. The summed E-state index contributed by atoms with van der Waals surface area (Å²) in [4.78, 5) is 11.3. The van der Waals surface area contributed by atoms with E-state index in [1.54, 1.807) is 24.3 Å². The van der Waals surface area contributed by atoms with Crippen molar-refractivity contribution in [1.29, 1.82) is 0 Å². The summed E-state index contributed by atoms with van der Waals surface area (Å²) in [7, 11) is 0. The number of carboxylic acid groups (broad SMARTS) is 1. The molecular weight excluding hydrogens is 243 g/mol. The van der Waals surface area contributed by atoms with Crippen molar-refractivity contribution in [2.75, 3.05) is 0 Å². The summed E-state index contributed by atoms with van der Waals surface area (Å²) in [5, 5.41) is 8.83. The Balaban J connectivity index is 2.10. The lowest BCUT2D eigenvalue weighted by Gasteiger charge is -2.01. The van der Waals surface area contributed by atoms with Crippen LogP contribution in [0.4, 0.5) is 4.39 Å². The van der Waals surface area contributed by atoms with Crippen LogP contribution < -0.4 is 0 Å². The summed E-state index contributed by atoms with van der Waals surface area (Å²) in [6.07, 6.45) is 1.32. The third kappa shape index (κ3) is 2.68. The predicted octanol–water partition coefficient (Wildman–Crippen LogP) is 3.41. The quantitative estimate of drug-likeness (QED) is 0.847. The topological polar surface area (TPSA) is 50.4 Å². The first kappa shape index (κ1) is 11.7. The number of rotatable bonds is 4.